The molecule has 7 nitrogen and oxygen atoms in total. The number of halogens is 1. The molecule has 33 heavy (non-hydrogen) atoms. The highest BCUT2D eigenvalue weighted by molar-refractivity contribution is 7.92. The Morgan fingerprint density at radius 2 is 1.88 bits per heavy atom. The molecule has 3 aromatic rings. The van der Waals surface area contributed by atoms with Gasteiger partial charge in [0.1, 0.15) is 6.54 Å². The quantitative estimate of drug-likeness (QED) is 0.382. The average molecular weight is 487 g/mol. The Bertz CT molecular complexity index is 1300. The van der Waals surface area contributed by atoms with Crippen molar-refractivity contribution >= 4 is 39.4 Å². The monoisotopic (exact) mass is 486 g/mol. The summed E-state index contributed by atoms with van der Waals surface area (Å²) >= 11 is 6.13. The van der Waals surface area contributed by atoms with Gasteiger partial charge in [0.2, 0.25) is 10.0 Å². The molecule has 0 aliphatic carbocycles. The number of hydrogen-bond donors (Lipinski definition) is 1. The molecule has 0 saturated heterocycles. The van der Waals surface area contributed by atoms with E-state index in [0.717, 1.165) is 38.8 Å². The predicted molar refractivity (Wildman–Crippen MR) is 134 cm³/mol. The minimum absolute atomic E-state index is 0.366. The second kappa shape index (κ2) is 10.2. The van der Waals surface area contributed by atoms with Gasteiger partial charge in [-0.3, -0.25) is 9.10 Å². The Morgan fingerprint density at radius 1 is 1.15 bits per heavy atom. The highest BCUT2D eigenvalue weighted by atomic mass is 35.5. The van der Waals surface area contributed by atoms with Crippen molar-refractivity contribution in [3.05, 3.63) is 82.1 Å². The molecule has 0 saturated carbocycles. The number of nitrogens with one attached hydrogen (secondary N) is 1. The van der Waals surface area contributed by atoms with Crippen LogP contribution in [0.2, 0.25) is 5.02 Å². The van der Waals surface area contributed by atoms with Crippen molar-refractivity contribution in [1.29, 1.82) is 0 Å². The molecule has 0 unspecified atom stereocenters. The summed E-state index contributed by atoms with van der Waals surface area (Å²) in [4.78, 5) is 12.5. The summed E-state index contributed by atoms with van der Waals surface area (Å²) in [7, 11) is -3.66. The van der Waals surface area contributed by atoms with E-state index in [1.807, 2.05) is 67.8 Å². The topological polar surface area (TPSA) is 83.8 Å². The summed E-state index contributed by atoms with van der Waals surface area (Å²) in [5.74, 6) is -0.536. The average Bonchev–Trinajstić information content (AvgIpc) is 3.04. The van der Waals surface area contributed by atoms with E-state index >= 15 is 0 Å². The molecule has 1 aromatic heterocycles. The van der Waals surface area contributed by atoms with Gasteiger partial charge in [0, 0.05) is 27.7 Å². The second-order valence-corrected chi connectivity index (χ2v) is 10.0. The number of sulfonamides is 1. The fourth-order valence-corrected chi connectivity index (χ4v) is 4.78. The van der Waals surface area contributed by atoms with Crippen LogP contribution in [0.25, 0.3) is 5.69 Å². The lowest BCUT2D eigenvalue weighted by molar-refractivity contribution is -0.119. The normalized spacial score (nSPS) is 11.7. The number of hydrazone groups is 1. The van der Waals surface area contributed by atoms with E-state index in [9.17, 15) is 13.2 Å². The minimum Gasteiger partial charge on any atom is -0.318 e. The van der Waals surface area contributed by atoms with E-state index < -0.39 is 15.9 Å². The molecule has 3 rings (SSSR count). The van der Waals surface area contributed by atoms with Gasteiger partial charge in [0.25, 0.3) is 5.91 Å². The third-order valence-electron chi connectivity index (χ3n) is 5.26. The minimum atomic E-state index is -3.66. The number of rotatable bonds is 8. The van der Waals surface area contributed by atoms with Crippen LogP contribution < -0.4 is 9.73 Å². The van der Waals surface area contributed by atoms with Gasteiger partial charge in [0.05, 0.1) is 18.2 Å². The molecular formula is C24H27ClN4O3S. The maximum absolute atomic E-state index is 12.5. The summed E-state index contributed by atoms with van der Waals surface area (Å²) in [5, 5.41) is 4.70. The Morgan fingerprint density at radius 3 is 2.55 bits per heavy atom. The van der Waals surface area contributed by atoms with Crippen molar-refractivity contribution in [1.82, 2.24) is 9.99 Å². The number of aryl methyl sites for hydroxylation is 2. The van der Waals surface area contributed by atoms with Crippen LogP contribution in [0.1, 0.15) is 29.4 Å². The molecule has 174 valence electrons. The van der Waals surface area contributed by atoms with Crippen LogP contribution >= 0.6 is 11.6 Å². The maximum atomic E-state index is 12.5. The third-order valence-corrected chi connectivity index (χ3v) is 6.62. The highest BCUT2D eigenvalue weighted by Gasteiger charge is 2.22. The Hall–Kier alpha value is -3.10. The predicted octanol–water partition coefficient (Wildman–Crippen LogP) is 4.23. The molecule has 1 N–H and O–H groups in total. The largest absolute Gasteiger partial charge is 0.318 e. The number of nitrogens with zero attached hydrogens (tertiary/aromatic N) is 3. The summed E-state index contributed by atoms with van der Waals surface area (Å²) in [6.45, 7) is 5.49. The molecule has 0 radical (unpaired) electrons. The third kappa shape index (κ3) is 5.83. The number of hydrogen-bond acceptors (Lipinski definition) is 4. The summed E-state index contributed by atoms with van der Waals surface area (Å²) in [6.07, 6.45) is 3.27. The number of benzene rings is 2. The molecule has 2 aromatic carbocycles. The Kier molecular flexibility index (Phi) is 7.61. The zero-order chi connectivity index (χ0) is 24.2. The number of carbonyl (C=O) groups excluding carboxylic acids is 1. The number of para-hydroxylation sites is 1. The zero-order valence-corrected chi connectivity index (χ0v) is 20.6. The molecule has 0 aliphatic heterocycles. The Balaban J connectivity index is 1.76. The lowest BCUT2D eigenvalue weighted by Crippen LogP contribution is -2.39. The fourth-order valence-electron chi connectivity index (χ4n) is 3.70. The van der Waals surface area contributed by atoms with Gasteiger partial charge in [-0.2, -0.15) is 5.10 Å². The summed E-state index contributed by atoms with van der Waals surface area (Å²) < 4.78 is 27.9. The zero-order valence-electron chi connectivity index (χ0n) is 19.0. The number of anilines is 1. The smallest absolute Gasteiger partial charge is 0.260 e. The van der Waals surface area contributed by atoms with Crippen molar-refractivity contribution in [2.24, 2.45) is 5.10 Å². The van der Waals surface area contributed by atoms with Crippen molar-refractivity contribution in [2.45, 2.75) is 27.2 Å². The van der Waals surface area contributed by atoms with E-state index in [0.29, 0.717) is 17.1 Å². The van der Waals surface area contributed by atoms with Gasteiger partial charge >= 0.3 is 0 Å². The Labute approximate surface area is 199 Å². The molecule has 0 atom stereocenters. The molecule has 0 spiro atoms. The standard InChI is InChI=1S/C24H27ClN4O3S/c1-5-19-9-6-7-12-23(19)28(33(4,31)32)16-24(30)27-26-15-20-13-17(2)29(18(20)3)22-11-8-10-21(25)14-22/h6-15H,5,16H2,1-4H3,(H,27,30)/b26-15-. The van der Waals surface area contributed by atoms with E-state index in [4.69, 9.17) is 11.6 Å². The van der Waals surface area contributed by atoms with Crippen LogP contribution in [0.5, 0.6) is 0 Å². The first-order chi connectivity index (χ1) is 15.6. The van der Waals surface area contributed by atoms with Gasteiger partial charge in [-0.1, -0.05) is 42.8 Å². The van der Waals surface area contributed by atoms with E-state index in [-0.39, 0.29) is 6.54 Å². The van der Waals surface area contributed by atoms with Crippen LogP contribution in [0, 0.1) is 13.8 Å². The van der Waals surface area contributed by atoms with Crippen LogP contribution in [-0.2, 0) is 21.2 Å². The van der Waals surface area contributed by atoms with Crippen molar-refractivity contribution in [3.63, 3.8) is 0 Å². The molecular weight excluding hydrogens is 460 g/mol. The number of carbonyl (C=O) groups is 1. The molecule has 9 heteroatoms. The van der Waals surface area contributed by atoms with Crippen LogP contribution in [-0.4, -0.2) is 37.9 Å². The van der Waals surface area contributed by atoms with Crippen molar-refractivity contribution in [3.8, 4) is 5.69 Å². The molecule has 0 bridgehead atoms. The van der Waals surface area contributed by atoms with Crippen LogP contribution in [0.3, 0.4) is 0 Å². The van der Waals surface area contributed by atoms with Crippen LogP contribution in [0.15, 0.2) is 59.7 Å². The first-order valence-electron chi connectivity index (χ1n) is 10.4. The number of amides is 1. The molecule has 1 amide bonds. The van der Waals surface area contributed by atoms with E-state index in [1.165, 1.54) is 0 Å². The van der Waals surface area contributed by atoms with E-state index in [2.05, 4.69) is 10.5 Å². The maximum Gasteiger partial charge on any atom is 0.260 e. The lowest BCUT2D eigenvalue weighted by atomic mass is 10.1. The highest BCUT2D eigenvalue weighted by Crippen LogP contribution is 2.24. The molecule has 0 fully saturated rings. The summed E-state index contributed by atoms with van der Waals surface area (Å²) in [5.41, 5.74) is 7.45. The van der Waals surface area contributed by atoms with Crippen LogP contribution in [0.4, 0.5) is 5.69 Å². The van der Waals surface area contributed by atoms with Crippen molar-refractivity contribution in [2.75, 3.05) is 17.1 Å². The second-order valence-electron chi connectivity index (χ2n) is 7.69. The SMILES string of the molecule is CCc1ccccc1N(CC(=O)N/N=C\c1cc(C)n(-c2cccc(Cl)c2)c1C)S(C)(=O)=O. The molecule has 1 heterocycles. The van der Waals surface area contributed by atoms with Crippen molar-refractivity contribution < 1.29 is 13.2 Å². The van der Waals surface area contributed by atoms with Gasteiger partial charge in [-0.05, 0) is 56.2 Å². The molecule has 0 aliphatic rings. The first-order valence-corrected chi connectivity index (χ1v) is 12.7. The van der Waals surface area contributed by atoms with E-state index in [1.54, 1.807) is 18.3 Å². The van der Waals surface area contributed by atoms with Gasteiger partial charge in [-0.25, -0.2) is 13.8 Å². The first kappa shape index (κ1) is 24.5. The number of aromatic nitrogens is 1. The lowest BCUT2D eigenvalue weighted by Gasteiger charge is -2.23. The van der Waals surface area contributed by atoms with Gasteiger partial charge in [-0.15, -0.1) is 0 Å². The van der Waals surface area contributed by atoms with Gasteiger partial charge in [0.15, 0.2) is 0 Å². The summed E-state index contributed by atoms with van der Waals surface area (Å²) in [6, 6.07) is 16.6. The van der Waals surface area contributed by atoms with Gasteiger partial charge < -0.3 is 4.57 Å². The fraction of sp³-hybridized carbons (Fsp3) is 0.250.